The molecule has 28 heavy (non-hydrogen) atoms. The summed E-state index contributed by atoms with van der Waals surface area (Å²) in [6.07, 6.45) is 19.2. The van der Waals surface area contributed by atoms with Crippen molar-refractivity contribution in [2.45, 2.75) is 109 Å². The zero-order valence-electron chi connectivity index (χ0n) is 17.9. The molecule has 1 aliphatic rings. The molecule has 0 atom stereocenters. The average Bonchev–Trinajstić information content (AvgIpc) is 2.72. The van der Waals surface area contributed by atoms with Crippen molar-refractivity contribution in [1.82, 2.24) is 0 Å². The first-order chi connectivity index (χ1) is 13.7. The molecule has 0 heterocycles. The van der Waals surface area contributed by atoms with Crippen molar-refractivity contribution in [3.8, 4) is 0 Å². The molecule has 1 aromatic rings. The van der Waals surface area contributed by atoms with Crippen LogP contribution in [-0.4, -0.2) is 0 Å². The molecular formula is C26H40F2. The lowest BCUT2D eigenvalue weighted by Gasteiger charge is -2.29. The van der Waals surface area contributed by atoms with Crippen molar-refractivity contribution >= 4 is 0 Å². The summed E-state index contributed by atoms with van der Waals surface area (Å²) in [5.74, 6) is 1.60. The Labute approximate surface area is 171 Å². The lowest BCUT2D eigenvalue weighted by molar-refractivity contribution is 0.301. The monoisotopic (exact) mass is 390 g/mol. The van der Waals surface area contributed by atoms with Crippen LogP contribution in [0.25, 0.3) is 0 Å². The van der Waals surface area contributed by atoms with E-state index >= 15 is 0 Å². The minimum Gasteiger partial charge on any atom is -0.174 e. The topological polar surface area (TPSA) is 0 Å². The van der Waals surface area contributed by atoms with E-state index in [1.807, 2.05) is 12.1 Å². The predicted octanol–water partition coefficient (Wildman–Crippen LogP) is 9.20. The third-order valence-corrected chi connectivity index (χ3v) is 6.51. The second kappa shape index (κ2) is 13.9. The summed E-state index contributed by atoms with van der Waals surface area (Å²) in [5, 5.41) is 0. The van der Waals surface area contributed by atoms with E-state index in [1.165, 1.54) is 95.5 Å². The highest BCUT2D eigenvalue weighted by Gasteiger charge is 2.21. The highest BCUT2D eigenvalue weighted by atomic mass is 19.3. The van der Waals surface area contributed by atoms with Gasteiger partial charge in [-0.05, 0) is 61.1 Å². The number of hydrogen-bond acceptors (Lipinski definition) is 0. The molecule has 1 aliphatic carbocycles. The largest absolute Gasteiger partial charge is 0.266 e. The van der Waals surface area contributed by atoms with Crippen LogP contribution in [-0.2, 0) is 6.42 Å². The molecule has 0 radical (unpaired) electrons. The van der Waals surface area contributed by atoms with Crippen LogP contribution in [0, 0.1) is 5.92 Å². The van der Waals surface area contributed by atoms with Crippen molar-refractivity contribution in [2.75, 3.05) is 0 Å². The minimum absolute atomic E-state index is 0.327. The molecule has 0 spiro atoms. The van der Waals surface area contributed by atoms with Crippen LogP contribution in [0.15, 0.2) is 36.4 Å². The summed E-state index contributed by atoms with van der Waals surface area (Å²) in [6, 6.07) is 8.35. The van der Waals surface area contributed by atoms with E-state index < -0.39 is 6.08 Å². The number of halogens is 2. The number of allylic oxidation sites excluding steroid dienone is 1. The number of unbranched alkanes of at least 4 members (excludes halogenated alkanes) is 8. The lowest BCUT2D eigenvalue weighted by atomic mass is 9.77. The van der Waals surface area contributed by atoms with Gasteiger partial charge in [0.25, 0.3) is 6.08 Å². The Kier molecular flexibility index (Phi) is 11.5. The van der Waals surface area contributed by atoms with Crippen molar-refractivity contribution in [3.63, 3.8) is 0 Å². The van der Waals surface area contributed by atoms with Gasteiger partial charge in [0.1, 0.15) is 0 Å². The Hall–Kier alpha value is -1.18. The van der Waals surface area contributed by atoms with E-state index in [4.69, 9.17) is 0 Å². The van der Waals surface area contributed by atoms with Crippen molar-refractivity contribution in [3.05, 3.63) is 47.5 Å². The average molecular weight is 391 g/mol. The summed E-state index contributed by atoms with van der Waals surface area (Å²) in [6.45, 7) is 2.28. The highest BCUT2D eigenvalue weighted by molar-refractivity contribution is 5.27. The first-order valence-corrected chi connectivity index (χ1v) is 11.8. The van der Waals surface area contributed by atoms with Gasteiger partial charge in [0.2, 0.25) is 0 Å². The van der Waals surface area contributed by atoms with Crippen LogP contribution in [0.2, 0.25) is 0 Å². The third kappa shape index (κ3) is 9.34. The molecule has 1 fully saturated rings. The van der Waals surface area contributed by atoms with Crippen LogP contribution in [0.3, 0.4) is 0 Å². The zero-order valence-corrected chi connectivity index (χ0v) is 17.9. The molecule has 0 unspecified atom stereocenters. The summed E-state index contributed by atoms with van der Waals surface area (Å²) < 4.78 is 24.4. The second-order valence-electron chi connectivity index (χ2n) is 8.77. The van der Waals surface area contributed by atoms with Gasteiger partial charge in [-0.1, -0.05) is 95.4 Å². The van der Waals surface area contributed by atoms with E-state index in [-0.39, 0.29) is 0 Å². The summed E-state index contributed by atoms with van der Waals surface area (Å²) >= 11 is 0. The summed E-state index contributed by atoms with van der Waals surface area (Å²) in [5.41, 5.74) is 2.37. The van der Waals surface area contributed by atoms with Crippen LogP contribution in [0.4, 0.5) is 8.78 Å². The van der Waals surface area contributed by atoms with Gasteiger partial charge in [-0.15, -0.1) is 0 Å². The van der Waals surface area contributed by atoms with E-state index in [1.54, 1.807) is 0 Å². The van der Waals surface area contributed by atoms with E-state index in [0.29, 0.717) is 12.3 Å². The fraction of sp³-hybridized carbons (Fsp3) is 0.692. The Morgan fingerprint density at radius 1 is 0.821 bits per heavy atom. The molecule has 0 bridgehead atoms. The van der Waals surface area contributed by atoms with Gasteiger partial charge >= 0.3 is 0 Å². The van der Waals surface area contributed by atoms with E-state index in [0.717, 1.165) is 17.6 Å². The molecule has 158 valence electrons. The smallest absolute Gasteiger partial charge is 0.174 e. The summed E-state index contributed by atoms with van der Waals surface area (Å²) in [4.78, 5) is 0. The number of hydrogen-bond donors (Lipinski definition) is 0. The van der Waals surface area contributed by atoms with Crippen molar-refractivity contribution in [1.29, 1.82) is 0 Å². The fourth-order valence-electron chi connectivity index (χ4n) is 4.65. The molecule has 0 amide bonds. The molecule has 1 aromatic carbocycles. The maximum absolute atomic E-state index is 12.2. The number of rotatable bonds is 13. The Morgan fingerprint density at radius 2 is 1.39 bits per heavy atom. The van der Waals surface area contributed by atoms with E-state index in [9.17, 15) is 8.78 Å². The van der Waals surface area contributed by atoms with Gasteiger partial charge in [0.15, 0.2) is 0 Å². The predicted molar refractivity (Wildman–Crippen MR) is 117 cm³/mol. The van der Waals surface area contributed by atoms with Crippen molar-refractivity contribution < 1.29 is 8.78 Å². The van der Waals surface area contributed by atoms with Crippen molar-refractivity contribution in [2.24, 2.45) is 5.92 Å². The second-order valence-corrected chi connectivity index (χ2v) is 8.77. The standard InChI is InChI=1S/C26H40F2/c1-2-3-4-5-6-7-8-9-10-11-22-12-17-24(18-13-22)25-19-14-23(15-20-25)16-21-26(27)28/h14-15,19-22,24H,2-13,16-18H2,1H3. The van der Waals surface area contributed by atoms with Gasteiger partial charge in [-0.25, -0.2) is 0 Å². The Balaban J connectivity index is 1.55. The van der Waals surface area contributed by atoms with Gasteiger partial charge in [0, 0.05) is 0 Å². The zero-order chi connectivity index (χ0) is 20.0. The molecule has 2 rings (SSSR count). The van der Waals surface area contributed by atoms with E-state index in [2.05, 4.69) is 19.1 Å². The normalized spacial score (nSPS) is 19.5. The Bertz CT molecular complexity index is 534. The first kappa shape index (κ1) is 23.1. The molecule has 0 nitrogen and oxygen atoms in total. The van der Waals surface area contributed by atoms with Gasteiger partial charge in [-0.3, -0.25) is 0 Å². The maximum Gasteiger partial charge on any atom is 0.266 e. The van der Waals surface area contributed by atoms with Crippen LogP contribution < -0.4 is 0 Å². The summed E-state index contributed by atoms with van der Waals surface area (Å²) in [7, 11) is 0. The first-order valence-electron chi connectivity index (χ1n) is 11.8. The third-order valence-electron chi connectivity index (χ3n) is 6.51. The molecule has 0 aromatic heterocycles. The SMILES string of the molecule is CCCCCCCCCCCC1CCC(c2ccc(CC=C(F)F)cc2)CC1. The van der Waals surface area contributed by atoms with Gasteiger partial charge in [0.05, 0.1) is 0 Å². The Morgan fingerprint density at radius 3 is 1.96 bits per heavy atom. The van der Waals surface area contributed by atoms with Crippen LogP contribution in [0.5, 0.6) is 0 Å². The fourth-order valence-corrected chi connectivity index (χ4v) is 4.65. The maximum atomic E-state index is 12.2. The molecule has 0 saturated heterocycles. The lowest BCUT2D eigenvalue weighted by Crippen LogP contribution is -2.13. The highest BCUT2D eigenvalue weighted by Crippen LogP contribution is 2.37. The van der Waals surface area contributed by atoms with Crippen LogP contribution >= 0.6 is 0 Å². The molecular weight excluding hydrogens is 350 g/mol. The molecule has 2 heteroatoms. The van der Waals surface area contributed by atoms with Gasteiger partial charge in [-0.2, -0.15) is 8.78 Å². The molecule has 1 saturated carbocycles. The quantitative estimate of drug-likeness (QED) is 0.294. The molecule has 0 N–H and O–H groups in total. The minimum atomic E-state index is -1.59. The number of benzene rings is 1. The molecule has 0 aliphatic heterocycles. The van der Waals surface area contributed by atoms with Gasteiger partial charge < -0.3 is 0 Å². The van der Waals surface area contributed by atoms with Crippen LogP contribution in [0.1, 0.15) is 114 Å².